The van der Waals surface area contributed by atoms with E-state index in [0.717, 1.165) is 25.7 Å². The van der Waals surface area contributed by atoms with Gasteiger partial charge in [0.25, 0.3) is 0 Å². The van der Waals surface area contributed by atoms with E-state index in [-0.39, 0.29) is 118 Å². The Morgan fingerprint density at radius 2 is 1.56 bits per heavy atom. The Morgan fingerprint density at radius 1 is 0.889 bits per heavy atom. The standard InChI is InChI=1S/C40H66O13.K/c1-11-30(42)47-28-19-39(51-34(24(28)6)25(7)33(26(8)36(44)45)49-31(43)12-2)16-15-37(9,53-39)29-13-14-38(10,50-29)35-22(4)18-27(48-35)32-21(3)17-23(5)40(46,20-41)52-32;/h21-29,32-35,41,46H,11-20H2,1-10H3,(H,44,45);/q;+1/t21-,22-,23+,24+,25-,26+,27+,28-,29+,32-,33+,34-,35?,37-,38-,39+,40-;/m0./s1. The summed E-state index contributed by atoms with van der Waals surface area (Å²) in [6, 6.07) is 0. The molecule has 5 saturated heterocycles. The summed E-state index contributed by atoms with van der Waals surface area (Å²) in [5, 5.41) is 30.9. The predicted molar refractivity (Wildman–Crippen MR) is 191 cm³/mol. The van der Waals surface area contributed by atoms with Crippen molar-refractivity contribution in [3.8, 4) is 0 Å². The van der Waals surface area contributed by atoms with E-state index in [1.54, 1.807) is 13.8 Å². The molecule has 0 amide bonds. The molecule has 0 aromatic heterocycles. The number of carbonyl (C=O) groups is 3. The van der Waals surface area contributed by atoms with Crippen molar-refractivity contribution in [3.05, 3.63) is 0 Å². The number of aliphatic carboxylic acids is 1. The molecule has 0 radical (unpaired) electrons. The molecule has 5 aliphatic rings. The van der Waals surface area contributed by atoms with Gasteiger partial charge in [-0.25, -0.2) is 0 Å². The number of esters is 2. The number of aliphatic hydroxyl groups is 2. The first-order valence-electron chi connectivity index (χ1n) is 20.1. The number of carboxylic acids is 1. The van der Waals surface area contributed by atoms with Crippen LogP contribution in [0.5, 0.6) is 0 Å². The van der Waals surface area contributed by atoms with E-state index in [4.69, 9.17) is 33.2 Å². The van der Waals surface area contributed by atoms with E-state index in [1.807, 2.05) is 27.7 Å². The molecule has 3 N–H and O–H groups in total. The minimum absolute atomic E-state index is 0. The van der Waals surface area contributed by atoms with Crippen LogP contribution in [0.4, 0.5) is 0 Å². The van der Waals surface area contributed by atoms with Crippen LogP contribution in [0, 0.1) is 35.5 Å². The third kappa shape index (κ3) is 9.30. The van der Waals surface area contributed by atoms with Crippen molar-refractivity contribution in [1.29, 1.82) is 0 Å². The van der Waals surface area contributed by atoms with E-state index in [2.05, 4.69) is 20.8 Å². The van der Waals surface area contributed by atoms with Gasteiger partial charge in [0.1, 0.15) is 12.2 Å². The van der Waals surface area contributed by atoms with Crippen LogP contribution in [0.15, 0.2) is 0 Å². The number of hydrogen-bond donors (Lipinski definition) is 3. The van der Waals surface area contributed by atoms with Gasteiger partial charge in [0.15, 0.2) is 11.6 Å². The molecule has 0 saturated carbocycles. The third-order valence-electron chi connectivity index (χ3n) is 13.5. The van der Waals surface area contributed by atoms with E-state index < -0.39 is 71.5 Å². The molecule has 0 bridgehead atoms. The normalized spacial score (nSPS) is 45.3. The molecule has 54 heavy (non-hydrogen) atoms. The fraction of sp³-hybridized carbons (Fsp3) is 0.925. The molecule has 5 aliphatic heterocycles. The number of rotatable bonds is 12. The Balaban J connectivity index is 0.00000650. The molecule has 0 aromatic carbocycles. The maximum absolute atomic E-state index is 12.7. The second kappa shape index (κ2) is 17.9. The summed E-state index contributed by atoms with van der Waals surface area (Å²) in [5.41, 5.74) is -1.36. The molecule has 13 nitrogen and oxygen atoms in total. The second-order valence-electron chi connectivity index (χ2n) is 17.6. The molecule has 14 heteroatoms. The zero-order valence-electron chi connectivity index (χ0n) is 34.5. The van der Waals surface area contributed by atoms with Crippen LogP contribution in [-0.4, -0.2) is 105 Å². The SMILES string of the molecule is CCC(=O)O[C@H]([C@H](C)[C@H]1O[C@@]2(CC[C@@](C)([C@H]3CC[C@@](C)(C4O[C@@H]([C@H]5O[C@@](O)(CO)[C@H](C)C[C@@H]5C)C[C@@H]4C)O3)O2)C[C@H](OC(=O)CC)[C@H]1C)[C@@H](C)C(=O)O.[K+]. The van der Waals surface area contributed by atoms with Crippen LogP contribution < -0.4 is 51.4 Å². The van der Waals surface area contributed by atoms with Gasteiger partial charge in [0, 0.05) is 43.4 Å². The number of carbonyl (C=O) groups excluding carboxylic acids is 2. The van der Waals surface area contributed by atoms with Crippen molar-refractivity contribution < 1.29 is 114 Å². The van der Waals surface area contributed by atoms with E-state index in [0.29, 0.717) is 19.3 Å². The summed E-state index contributed by atoms with van der Waals surface area (Å²) in [4.78, 5) is 37.3. The number of hydrogen-bond acceptors (Lipinski definition) is 12. The molecule has 1 spiro atoms. The number of ether oxygens (including phenoxy) is 7. The third-order valence-corrected chi connectivity index (χ3v) is 13.5. The second-order valence-corrected chi connectivity index (χ2v) is 17.6. The van der Waals surface area contributed by atoms with Gasteiger partial charge < -0.3 is 48.5 Å². The summed E-state index contributed by atoms with van der Waals surface area (Å²) in [6.45, 7) is 18.5. The molecule has 5 heterocycles. The Bertz CT molecular complexity index is 1330. The molecular formula is C40H66KO13+. The zero-order chi connectivity index (χ0) is 39.3. The smallest absolute Gasteiger partial charge is 0.481 e. The summed E-state index contributed by atoms with van der Waals surface area (Å²) >= 11 is 0. The van der Waals surface area contributed by atoms with Crippen LogP contribution >= 0.6 is 0 Å². The van der Waals surface area contributed by atoms with Crippen LogP contribution in [0.25, 0.3) is 0 Å². The molecule has 5 fully saturated rings. The van der Waals surface area contributed by atoms with Gasteiger partial charge in [-0.2, -0.15) is 0 Å². The van der Waals surface area contributed by atoms with Crippen LogP contribution in [0.3, 0.4) is 0 Å². The summed E-state index contributed by atoms with van der Waals surface area (Å²) < 4.78 is 45.6. The van der Waals surface area contributed by atoms with Gasteiger partial charge in [-0.05, 0) is 64.7 Å². The van der Waals surface area contributed by atoms with Crippen LogP contribution in [-0.2, 0) is 47.5 Å². The minimum Gasteiger partial charge on any atom is -0.481 e. The van der Waals surface area contributed by atoms with Gasteiger partial charge in [-0.1, -0.05) is 48.5 Å². The molecule has 304 valence electrons. The number of carboxylic acid groups (broad SMARTS) is 1. The van der Waals surface area contributed by atoms with E-state index in [9.17, 15) is 29.7 Å². The average molecular weight is 794 g/mol. The van der Waals surface area contributed by atoms with Crippen molar-refractivity contribution >= 4 is 17.9 Å². The van der Waals surface area contributed by atoms with Crippen molar-refractivity contribution in [2.75, 3.05) is 6.61 Å². The van der Waals surface area contributed by atoms with Crippen LogP contribution in [0.2, 0.25) is 0 Å². The molecule has 0 aliphatic carbocycles. The maximum atomic E-state index is 12.7. The van der Waals surface area contributed by atoms with Gasteiger partial charge in [0.2, 0.25) is 0 Å². The number of aliphatic hydroxyl groups excluding tert-OH is 1. The Morgan fingerprint density at radius 3 is 2.17 bits per heavy atom. The van der Waals surface area contributed by atoms with Crippen LogP contribution in [0.1, 0.15) is 127 Å². The van der Waals surface area contributed by atoms with Gasteiger partial charge >= 0.3 is 69.3 Å². The first-order chi connectivity index (χ1) is 24.7. The Kier molecular flexibility index (Phi) is 15.4. The fourth-order valence-corrected chi connectivity index (χ4v) is 10.0. The quantitative estimate of drug-likeness (QED) is 0.194. The summed E-state index contributed by atoms with van der Waals surface area (Å²) in [5.74, 6) is -6.44. The molecule has 0 aromatic rings. The monoisotopic (exact) mass is 793 g/mol. The topological polar surface area (TPSA) is 177 Å². The largest absolute Gasteiger partial charge is 1.00 e. The van der Waals surface area contributed by atoms with Crippen molar-refractivity contribution in [2.24, 2.45) is 35.5 Å². The van der Waals surface area contributed by atoms with Crippen molar-refractivity contribution in [2.45, 2.75) is 193 Å². The van der Waals surface area contributed by atoms with E-state index in [1.165, 1.54) is 6.92 Å². The Labute approximate surface area is 364 Å². The molecule has 1 unspecified atom stereocenters. The molecular weight excluding hydrogens is 728 g/mol. The zero-order valence-corrected chi connectivity index (χ0v) is 37.6. The Hall–Kier alpha value is -0.234. The van der Waals surface area contributed by atoms with Crippen molar-refractivity contribution in [1.82, 2.24) is 0 Å². The summed E-state index contributed by atoms with van der Waals surface area (Å²) in [7, 11) is 0. The van der Waals surface area contributed by atoms with Gasteiger partial charge in [0.05, 0.1) is 54.2 Å². The fourth-order valence-electron chi connectivity index (χ4n) is 10.0. The van der Waals surface area contributed by atoms with Gasteiger partial charge in [-0.15, -0.1) is 0 Å². The van der Waals surface area contributed by atoms with E-state index >= 15 is 0 Å². The average Bonchev–Trinajstić information content (AvgIpc) is 3.81. The molecule has 5 rings (SSSR count). The summed E-state index contributed by atoms with van der Waals surface area (Å²) in [6.07, 6.45) is 1.37. The maximum Gasteiger partial charge on any atom is 1.00 e. The van der Waals surface area contributed by atoms with Gasteiger partial charge in [-0.3, -0.25) is 14.4 Å². The molecule has 17 atom stereocenters. The minimum atomic E-state index is -1.59. The predicted octanol–water partition coefficient (Wildman–Crippen LogP) is 2.15. The van der Waals surface area contributed by atoms with Crippen molar-refractivity contribution in [3.63, 3.8) is 0 Å². The first-order valence-corrected chi connectivity index (χ1v) is 20.1. The first kappa shape index (κ1) is 46.5.